The first-order valence-corrected chi connectivity index (χ1v) is 8.29. The zero-order valence-electron chi connectivity index (χ0n) is 12.0. The molecule has 3 rings (SSSR count). The van der Waals surface area contributed by atoms with Crippen molar-refractivity contribution in [1.82, 2.24) is 4.90 Å². The van der Waals surface area contributed by atoms with Crippen LogP contribution in [0.3, 0.4) is 0 Å². The summed E-state index contributed by atoms with van der Waals surface area (Å²) in [6, 6.07) is 9.42. The molecule has 0 bridgehead atoms. The minimum Gasteiger partial charge on any atom is -0.317 e. The summed E-state index contributed by atoms with van der Waals surface area (Å²) in [5, 5.41) is 3.04. The summed E-state index contributed by atoms with van der Waals surface area (Å²) in [6.45, 7) is 1.92. The SMILES string of the molecule is Cc1ccc(N2C(=O)/C(=C\c3cccs3)N(C)C2=S)cc1Cl. The molecule has 2 aromatic rings. The Balaban J connectivity index is 2.02. The van der Waals surface area contributed by atoms with E-state index >= 15 is 0 Å². The summed E-state index contributed by atoms with van der Waals surface area (Å²) in [6.07, 6.45) is 1.86. The van der Waals surface area contributed by atoms with Gasteiger partial charge < -0.3 is 4.90 Å². The average Bonchev–Trinajstić information content (AvgIpc) is 3.06. The van der Waals surface area contributed by atoms with Crippen LogP contribution in [-0.2, 0) is 4.79 Å². The Hall–Kier alpha value is -1.69. The van der Waals surface area contributed by atoms with E-state index in [0.717, 1.165) is 10.4 Å². The number of nitrogens with zero attached hydrogens (tertiary/aromatic N) is 2. The number of amides is 1. The Morgan fingerprint density at radius 2 is 2.09 bits per heavy atom. The fourth-order valence-electron chi connectivity index (χ4n) is 2.21. The fraction of sp³-hybridized carbons (Fsp3) is 0.125. The highest BCUT2D eigenvalue weighted by Crippen LogP contribution is 2.31. The van der Waals surface area contributed by atoms with Crippen LogP contribution in [0.5, 0.6) is 0 Å². The van der Waals surface area contributed by atoms with Crippen molar-refractivity contribution in [3.8, 4) is 0 Å². The summed E-state index contributed by atoms with van der Waals surface area (Å²) in [5.41, 5.74) is 2.21. The lowest BCUT2D eigenvalue weighted by Gasteiger charge is -2.17. The number of carbonyl (C=O) groups is 1. The van der Waals surface area contributed by atoms with E-state index in [1.54, 1.807) is 29.4 Å². The van der Waals surface area contributed by atoms with Gasteiger partial charge in [-0.2, -0.15) is 0 Å². The molecule has 1 aromatic heterocycles. The van der Waals surface area contributed by atoms with Crippen LogP contribution in [0.15, 0.2) is 41.4 Å². The molecular formula is C16H13ClN2OS2. The third-order valence-corrected chi connectivity index (χ3v) is 5.18. The molecule has 2 heterocycles. The van der Waals surface area contributed by atoms with Crippen molar-refractivity contribution in [1.29, 1.82) is 0 Å². The number of anilines is 1. The van der Waals surface area contributed by atoms with Gasteiger partial charge in [-0.3, -0.25) is 9.69 Å². The van der Waals surface area contributed by atoms with Crippen molar-refractivity contribution in [2.45, 2.75) is 6.92 Å². The van der Waals surface area contributed by atoms with Gasteiger partial charge in [0.15, 0.2) is 5.11 Å². The number of carbonyl (C=O) groups excluding carboxylic acids is 1. The molecule has 1 saturated heterocycles. The van der Waals surface area contributed by atoms with Crippen LogP contribution in [0.25, 0.3) is 6.08 Å². The van der Waals surface area contributed by atoms with Gasteiger partial charge in [-0.25, -0.2) is 0 Å². The molecule has 0 radical (unpaired) electrons. The van der Waals surface area contributed by atoms with Crippen LogP contribution in [-0.4, -0.2) is 23.0 Å². The summed E-state index contributed by atoms with van der Waals surface area (Å²) >= 11 is 13.2. The Kier molecular flexibility index (Phi) is 4.04. The molecule has 0 unspecified atom stereocenters. The van der Waals surface area contributed by atoms with Crippen molar-refractivity contribution in [2.75, 3.05) is 11.9 Å². The highest BCUT2D eigenvalue weighted by atomic mass is 35.5. The second kappa shape index (κ2) is 5.83. The second-order valence-electron chi connectivity index (χ2n) is 4.96. The molecule has 22 heavy (non-hydrogen) atoms. The van der Waals surface area contributed by atoms with Gasteiger partial charge in [-0.1, -0.05) is 23.7 Å². The van der Waals surface area contributed by atoms with E-state index < -0.39 is 0 Å². The van der Waals surface area contributed by atoms with Crippen molar-refractivity contribution >= 4 is 57.9 Å². The molecule has 0 aliphatic carbocycles. The van der Waals surface area contributed by atoms with Crippen molar-refractivity contribution in [3.63, 3.8) is 0 Å². The van der Waals surface area contributed by atoms with E-state index in [-0.39, 0.29) is 5.91 Å². The first kappa shape index (κ1) is 15.2. The van der Waals surface area contributed by atoms with Crippen LogP contribution < -0.4 is 4.90 Å². The lowest BCUT2D eigenvalue weighted by atomic mass is 10.2. The van der Waals surface area contributed by atoms with E-state index in [4.69, 9.17) is 23.8 Å². The first-order chi connectivity index (χ1) is 10.5. The molecule has 6 heteroatoms. The van der Waals surface area contributed by atoms with E-state index in [9.17, 15) is 4.79 Å². The van der Waals surface area contributed by atoms with Crippen LogP contribution in [0.1, 0.15) is 10.4 Å². The molecule has 0 saturated carbocycles. The Morgan fingerprint density at radius 1 is 1.32 bits per heavy atom. The monoisotopic (exact) mass is 348 g/mol. The normalized spacial score (nSPS) is 17.0. The molecule has 3 nitrogen and oxygen atoms in total. The minimum atomic E-state index is -0.138. The largest absolute Gasteiger partial charge is 0.317 e. The highest BCUT2D eigenvalue weighted by Gasteiger charge is 2.36. The van der Waals surface area contributed by atoms with Gasteiger partial charge in [-0.15, -0.1) is 11.3 Å². The maximum Gasteiger partial charge on any atom is 0.281 e. The molecular weight excluding hydrogens is 336 g/mol. The van der Waals surface area contributed by atoms with Gasteiger partial charge in [0.25, 0.3) is 5.91 Å². The Morgan fingerprint density at radius 3 is 2.73 bits per heavy atom. The quantitative estimate of drug-likeness (QED) is 0.596. The Bertz CT molecular complexity index is 783. The standard InChI is InChI=1S/C16H13ClN2OS2/c1-10-5-6-11(8-13(10)17)19-15(20)14(18(2)16(19)21)9-12-4-3-7-22-12/h3-9H,1-2H3/b14-9+. The zero-order chi connectivity index (χ0) is 15.9. The van der Waals surface area contributed by atoms with Crippen LogP contribution >= 0.6 is 35.2 Å². The number of rotatable bonds is 2. The maximum atomic E-state index is 12.7. The van der Waals surface area contributed by atoms with Gasteiger partial charge in [0, 0.05) is 16.9 Å². The predicted octanol–water partition coefficient (Wildman–Crippen LogP) is 4.31. The minimum absolute atomic E-state index is 0.138. The number of halogens is 1. The summed E-state index contributed by atoms with van der Waals surface area (Å²) in [7, 11) is 1.80. The number of thiophene rings is 1. The maximum absolute atomic E-state index is 12.7. The van der Waals surface area contributed by atoms with Crippen molar-refractivity contribution in [2.24, 2.45) is 0 Å². The number of hydrogen-bond donors (Lipinski definition) is 0. The Labute approximate surface area is 143 Å². The second-order valence-corrected chi connectivity index (χ2v) is 6.71. The van der Waals surface area contributed by atoms with Gasteiger partial charge in [-0.05, 0) is 54.4 Å². The number of aryl methyl sites for hydroxylation is 1. The number of benzene rings is 1. The van der Waals surface area contributed by atoms with E-state index in [0.29, 0.717) is 21.5 Å². The van der Waals surface area contributed by atoms with Crippen LogP contribution in [0.4, 0.5) is 5.69 Å². The van der Waals surface area contributed by atoms with Gasteiger partial charge in [0.05, 0.1) is 5.69 Å². The molecule has 112 valence electrons. The summed E-state index contributed by atoms with van der Waals surface area (Å²) in [4.78, 5) is 17.0. The fourth-order valence-corrected chi connectivity index (χ4v) is 3.33. The molecule has 0 atom stereocenters. The van der Waals surface area contributed by atoms with Crippen molar-refractivity contribution in [3.05, 3.63) is 56.9 Å². The summed E-state index contributed by atoms with van der Waals surface area (Å²) in [5.74, 6) is -0.138. The van der Waals surface area contributed by atoms with Crippen LogP contribution in [0.2, 0.25) is 5.02 Å². The van der Waals surface area contributed by atoms with Gasteiger partial charge >= 0.3 is 0 Å². The third kappa shape index (κ3) is 2.56. The molecule has 0 spiro atoms. The van der Waals surface area contributed by atoms with Gasteiger partial charge in [0.1, 0.15) is 5.70 Å². The summed E-state index contributed by atoms with van der Waals surface area (Å²) < 4.78 is 0. The third-order valence-electron chi connectivity index (χ3n) is 3.50. The number of thiocarbonyl (C=S) groups is 1. The molecule has 1 aliphatic rings. The number of hydrogen-bond acceptors (Lipinski definition) is 3. The molecule has 0 N–H and O–H groups in total. The molecule has 1 fully saturated rings. The number of likely N-dealkylation sites (N-methyl/N-ethyl adjacent to an activating group) is 1. The molecule has 1 aromatic carbocycles. The van der Waals surface area contributed by atoms with Crippen LogP contribution in [0, 0.1) is 6.92 Å². The highest BCUT2D eigenvalue weighted by molar-refractivity contribution is 7.80. The van der Waals surface area contributed by atoms with E-state index in [1.807, 2.05) is 42.6 Å². The lowest BCUT2D eigenvalue weighted by molar-refractivity contribution is -0.114. The van der Waals surface area contributed by atoms with E-state index in [1.165, 1.54) is 4.90 Å². The van der Waals surface area contributed by atoms with Crippen molar-refractivity contribution < 1.29 is 4.79 Å². The topological polar surface area (TPSA) is 23.6 Å². The van der Waals surface area contributed by atoms with Gasteiger partial charge in [0.2, 0.25) is 0 Å². The zero-order valence-corrected chi connectivity index (χ0v) is 14.4. The van der Waals surface area contributed by atoms with E-state index in [2.05, 4.69) is 0 Å². The average molecular weight is 349 g/mol. The first-order valence-electron chi connectivity index (χ1n) is 6.62. The predicted molar refractivity (Wildman–Crippen MR) is 96.3 cm³/mol. The lowest BCUT2D eigenvalue weighted by Crippen LogP contribution is -2.31. The molecule has 1 aliphatic heterocycles. The molecule has 1 amide bonds. The smallest absolute Gasteiger partial charge is 0.281 e.